The Bertz CT molecular complexity index is 1240. The van der Waals surface area contributed by atoms with Crippen molar-refractivity contribution < 1.29 is 19.1 Å². The molecule has 3 spiro atoms. The summed E-state index contributed by atoms with van der Waals surface area (Å²) < 4.78 is 12.3. The molecule has 1 aromatic carbocycles. The number of amides is 2. The third-order valence-electron chi connectivity index (χ3n) is 11.0. The van der Waals surface area contributed by atoms with Gasteiger partial charge in [-0.1, -0.05) is 26.8 Å². The fraction of sp³-hybridized carbons (Fsp3) is 0.643. The van der Waals surface area contributed by atoms with Crippen LogP contribution in [-0.2, 0) is 15.0 Å². The molecule has 5 atom stereocenters. The molecule has 4 saturated heterocycles. The van der Waals surface area contributed by atoms with Gasteiger partial charge in [-0.3, -0.25) is 14.5 Å². The van der Waals surface area contributed by atoms with E-state index in [0.717, 1.165) is 31.5 Å². The lowest BCUT2D eigenvalue weighted by atomic mass is 9.56. The number of ether oxygens (including phenoxy) is 2. The minimum absolute atomic E-state index is 0.0146. The normalized spacial score (nSPS) is 41.6. The van der Waals surface area contributed by atoms with Crippen molar-refractivity contribution in [2.45, 2.75) is 76.0 Å². The zero-order valence-electron chi connectivity index (χ0n) is 21.5. The van der Waals surface area contributed by atoms with Gasteiger partial charge in [0.15, 0.2) is 11.5 Å². The molecule has 1 aliphatic carbocycles. The van der Waals surface area contributed by atoms with Crippen LogP contribution >= 0.6 is 0 Å². The molecule has 0 radical (unpaired) electrons. The Morgan fingerprint density at radius 3 is 2.69 bits per heavy atom. The first kappa shape index (κ1) is 21.7. The zero-order valence-corrected chi connectivity index (χ0v) is 21.5. The molecule has 8 rings (SSSR count). The molecular weight excluding hydrogens is 442 g/mol. The molecule has 186 valence electrons. The van der Waals surface area contributed by atoms with Crippen LogP contribution in [0.5, 0.6) is 11.5 Å². The standard InChI is InChI=1S/C28H35N3O4/c1-16-9-11-31-15-26-14-27(25(4,5)19(26)13-28(16,31)23(33)30(26)6)17-7-8-18-21(20(17)29-22(27)32)34-12-10-24(2,3)35-18/h7-8,10,12,16,19H,9,11,13-15H2,1-6H3,(H,29,32)/t16-,19-,26+,27?,28+/m0/s1. The Morgan fingerprint density at radius 2 is 1.91 bits per heavy atom. The molecule has 0 aromatic heterocycles. The summed E-state index contributed by atoms with van der Waals surface area (Å²) in [5.74, 6) is 2.01. The van der Waals surface area contributed by atoms with E-state index in [9.17, 15) is 9.59 Å². The van der Waals surface area contributed by atoms with Gasteiger partial charge in [-0.15, -0.1) is 0 Å². The van der Waals surface area contributed by atoms with Gasteiger partial charge in [0.05, 0.1) is 22.9 Å². The molecule has 7 heteroatoms. The van der Waals surface area contributed by atoms with Crippen LogP contribution in [0.25, 0.3) is 0 Å². The minimum Gasteiger partial charge on any atom is -0.480 e. The first-order valence-corrected chi connectivity index (χ1v) is 13.0. The third kappa shape index (κ3) is 2.16. The van der Waals surface area contributed by atoms with E-state index in [-0.39, 0.29) is 28.7 Å². The van der Waals surface area contributed by atoms with Crippen LogP contribution < -0.4 is 14.8 Å². The smallest absolute Gasteiger partial charge is 0.243 e. The second-order valence-corrected chi connectivity index (χ2v) is 13.0. The number of carbonyl (C=O) groups excluding carboxylic acids is 2. The molecule has 2 bridgehead atoms. The van der Waals surface area contributed by atoms with Gasteiger partial charge in [0.2, 0.25) is 11.8 Å². The average molecular weight is 478 g/mol. The van der Waals surface area contributed by atoms with Crippen LogP contribution in [0.4, 0.5) is 5.69 Å². The van der Waals surface area contributed by atoms with Gasteiger partial charge in [0, 0.05) is 13.6 Å². The number of rotatable bonds is 0. The number of piperidine rings is 2. The van der Waals surface area contributed by atoms with E-state index < -0.39 is 16.6 Å². The van der Waals surface area contributed by atoms with Crippen LogP contribution in [0.2, 0.25) is 0 Å². The monoisotopic (exact) mass is 477 g/mol. The number of likely N-dealkylation sites (N-methyl/N-ethyl adjacent to an activating group) is 1. The van der Waals surface area contributed by atoms with Gasteiger partial charge >= 0.3 is 0 Å². The second kappa shape index (κ2) is 6.05. The molecule has 1 unspecified atom stereocenters. The topological polar surface area (TPSA) is 71.1 Å². The Balaban J connectivity index is 1.41. The molecule has 6 heterocycles. The molecule has 7 aliphatic rings. The van der Waals surface area contributed by atoms with Gasteiger partial charge < -0.3 is 19.7 Å². The number of hydrogen-bond donors (Lipinski definition) is 1. The summed E-state index contributed by atoms with van der Waals surface area (Å²) in [5, 5.41) is 3.22. The van der Waals surface area contributed by atoms with Crippen molar-refractivity contribution in [1.29, 1.82) is 0 Å². The lowest BCUT2D eigenvalue weighted by molar-refractivity contribution is -0.189. The molecule has 1 N–H and O–H groups in total. The van der Waals surface area contributed by atoms with Crippen molar-refractivity contribution in [3.8, 4) is 11.5 Å². The highest BCUT2D eigenvalue weighted by Gasteiger charge is 2.80. The molecular formula is C28H35N3O4. The predicted molar refractivity (Wildman–Crippen MR) is 131 cm³/mol. The lowest BCUT2D eigenvalue weighted by Crippen LogP contribution is -2.79. The molecule has 6 aliphatic heterocycles. The first-order chi connectivity index (χ1) is 16.4. The average Bonchev–Trinajstić information content (AvgIpc) is 3.29. The molecule has 7 nitrogen and oxygen atoms in total. The SMILES string of the molecule is C[C@H]1CCN2C[C@]34CC5(C(=O)Nc6c5ccc5c6OC=CC(C)(C)O5)C(C)(C)[C@@H]3C[C@]12C(=O)N4C. The van der Waals surface area contributed by atoms with Crippen molar-refractivity contribution in [2.24, 2.45) is 17.3 Å². The quantitative estimate of drug-likeness (QED) is 0.617. The molecule has 35 heavy (non-hydrogen) atoms. The molecule has 5 fully saturated rings. The van der Waals surface area contributed by atoms with Crippen LogP contribution in [-0.4, -0.2) is 58.4 Å². The highest BCUT2D eigenvalue weighted by atomic mass is 16.5. The van der Waals surface area contributed by atoms with Crippen molar-refractivity contribution >= 4 is 17.5 Å². The number of piperazine rings is 1. The Hall–Kier alpha value is -2.54. The van der Waals surface area contributed by atoms with E-state index in [4.69, 9.17) is 9.47 Å². The molecule has 1 aromatic rings. The summed E-state index contributed by atoms with van der Waals surface area (Å²) in [6, 6.07) is 4.01. The summed E-state index contributed by atoms with van der Waals surface area (Å²) >= 11 is 0. The van der Waals surface area contributed by atoms with Crippen LogP contribution in [0.1, 0.15) is 59.4 Å². The maximum atomic E-state index is 14.1. The van der Waals surface area contributed by atoms with Crippen LogP contribution in [0, 0.1) is 17.3 Å². The number of benzene rings is 1. The largest absolute Gasteiger partial charge is 0.480 e. The maximum Gasteiger partial charge on any atom is 0.243 e. The van der Waals surface area contributed by atoms with E-state index in [0.29, 0.717) is 29.5 Å². The number of nitrogens with zero attached hydrogens (tertiary/aromatic N) is 2. The highest BCUT2D eigenvalue weighted by Crippen LogP contribution is 2.72. The van der Waals surface area contributed by atoms with E-state index in [1.807, 2.05) is 33.0 Å². The predicted octanol–water partition coefficient (Wildman–Crippen LogP) is 3.68. The van der Waals surface area contributed by atoms with Gasteiger partial charge in [-0.2, -0.15) is 0 Å². The fourth-order valence-corrected chi connectivity index (χ4v) is 9.05. The Kier molecular flexibility index (Phi) is 3.75. The minimum atomic E-state index is -0.750. The first-order valence-electron chi connectivity index (χ1n) is 13.0. The van der Waals surface area contributed by atoms with Crippen LogP contribution in [0.15, 0.2) is 24.5 Å². The fourth-order valence-electron chi connectivity index (χ4n) is 9.05. The second-order valence-electron chi connectivity index (χ2n) is 13.0. The zero-order chi connectivity index (χ0) is 24.8. The number of anilines is 1. The third-order valence-corrected chi connectivity index (χ3v) is 11.0. The Morgan fingerprint density at radius 1 is 1.14 bits per heavy atom. The highest BCUT2D eigenvalue weighted by molar-refractivity contribution is 6.09. The maximum absolute atomic E-state index is 14.1. The van der Waals surface area contributed by atoms with E-state index >= 15 is 0 Å². The summed E-state index contributed by atoms with van der Waals surface area (Å²) in [5.41, 5.74) is -0.714. The molecule has 1 saturated carbocycles. The summed E-state index contributed by atoms with van der Waals surface area (Å²) in [6.45, 7) is 12.5. The number of hydrogen-bond acceptors (Lipinski definition) is 5. The number of fused-ring (bicyclic) bond motifs is 5. The summed E-state index contributed by atoms with van der Waals surface area (Å²) in [6.07, 6.45) is 6.05. The molecule has 2 amide bonds. The van der Waals surface area contributed by atoms with Crippen molar-refractivity contribution in [3.05, 3.63) is 30.0 Å². The van der Waals surface area contributed by atoms with Crippen molar-refractivity contribution in [3.63, 3.8) is 0 Å². The Labute approximate surface area is 206 Å². The number of nitrogens with one attached hydrogen (secondary N) is 1. The summed E-state index contributed by atoms with van der Waals surface area (Å²) in [7, 11) is 1.99. The van der Waals surface area contributed by atoms with Gasteiger partial charge in [0.25, 0.3) is 0 Å². The van der Waals surface area contributed by atoms with Gasteiger partial charge in [0.1, 0.15) is 11.1 Å². The lowest BCUT2D eigenvalue weighted by Gasteiger charge is -2.65. The summed E-state index contributed by atoms with van der Waals surface area (Å²) in [4.78, 5) is 32.6. The van der Waals surface area contributed by atoms with E-state index in [1.54, 1.807) is 6.26 Å². The van der Waals surface area contributed by atoms with E-state index in [2.05, 4.69) is 42.0 Å². The van der Waals surface area contributed by atoms with Gasteiger partial charge in [-0.25, -0.2) is 0 Å². The van der Waals surface area contributed by atoms with Crippen LogP contribution in [0.3, 0.4) is 0 Å². The van der Waals surface area contributed by atoms with Crippen molar-refractivity contribution in [1.82, 2.24) is 9.80 Å². The van der Waals surface area contributed by atoms with E-state index in [1.165, 1.54) is 0 Å². The number of carbonyl (C=O) groups is 2. The van der Waals surface area contributed by atoms with Crippen molar-refractivity contribution in [2.75, 3.05) is 25.5 Å². The van der Waals surface area contributed by atoms with Gasteiger partial charge in [-0.05, 0) is 74.6 Å².